The molecular weight excluding hydrogens is 246 g/mol. The van der Waals surface area contributed by atoms with E-state index in [1.165, 1.54) is 42.0 Å². The van der Waals surface area contributed by atoms with Crippen LogP contribution in [0, 0.1) is 6.92 Å². The molecule has 0 spiro atoms. The third kappa shape index (κ3) is 2.00. The summed E-state index contributed by atoms with van der Waals surface area (Å²) in [4.78, 5) is 6.04. The van der Waals surface area contributed by atoms with E-state index < -0.39 is 0 Å². The van der Waals surface area contributed by atoms with Crippen molar-refractivity contribution in [2.24, 2.45) is 0 Å². The van der Waals surface area contributed by atoms with E-state index in [9.17, 15) is 5.11 Å². The summed E-state index contributed by atoms with van der Waals surface area (Å²) in [6, 6.07) is 0. The van der Waals surface area contributed by atoms with Crippen molar-refractivity contribution in [2.75, 3.05) is 19.8 Å². The molecule has 0 unspecified atom stereocenters. The minimum Gasteiger partial charge on any atom is -0.395 e. The van der Waals surface area contributed by atoms with E-state index in [4.69, 9.17) is 9.72 Å². The molecule has 1 aliphatic heterocycles. The number of thiazole rings is 1. The summed E-state index contributed by atoms with van der Waals surface area (Å²) in [7, 11) is 0. The molecule has 0 bridgehead atoms. The average molecular weight is 267 g/mol. The minimum atomic E-state index is -0.144. The topological polar surface area (TPSA) is 42.4 Å². The van der Waals surface area contributed by atoms with Crippen molar-refractivity contribution in [3.05, 3.63) is 15.6 Å². The molecule has 100 valence electrons. The van der Waals surface area contributed by atoms with Crippen molar-refractivity contribution in [2.45, 2.75) is 50.4 Å². The van der Waals surface area contributed by atoms with Crippen molar-refractivity contribution in [3.63, 3.8) is 0 Å². The molecular formula is C14H21NO2S. The lowest BCUT2D eigenvalue weighted by molar-refractivity contribution is -0.0827. The summed E-state index contributed by atoms with van der Waals surface area (Å²) >= 11 is 1.82. The SMILES string of the molecule is Cc1nc(C2CCCCC2)sc1C1(CO)COC1. The summed E-state index contributed by atoms with van der Waals surface area (Å²) in [6.45, 7) is 3.56. The van der Waals surface area contributed by atoms with Crippen LogP contribution in [0.2, 0.25) is 0 Å². The Balaban J connectivity index is 1.85. The normalized spacial score (nSPS) is 23.9. The highest BCUT2D eigenvalue weighted by Crippen LogP contribution is 2.42. The molecule has 2 heterocycles. The molecule has 1 aromatic heterocycles. The second-order valence-electron chi connectivity index (χ2n) is 5.73. The molecule has 1 aliphatic carbocycles. The van der Waals surface area contributed by atoms with Gasteiger partial charge in [-0.05, 0) is 19.8 Å². The van der Waals surface area contributed by atoms with Gasteiger partial charge in [0.2, 0.25) is 0 Å². The van der Waals surface area contributed by atoms with Gasteiger partial charge in [-0.3, -0.25) is 0 Å². The summed E-state index contributed by atoms with van der Waals surface area (Å²) < 4.78 is 5.31. The molecule has 0 aromatic carbocycles. The summed E-state index contributed by atoms with van der Waals surface area (Å²) in [5, 5.41) is 10.9. The highest BCUT2D eigenvalue weighted by Gasteiger charge is 2.43. The second-order valence-corrected chi connectivity index (χ2v) is 6.76. The first-order valence-electron chi connectivity index (χ1n) is 6.91. The second kappa shape index (κ2) is 4.91. The number of ether oxygens (including phenoxy) is 1. The van der Waals surface area contributed by atoms with Crippen molar-refractivity contribution in [1.29, 1.82) is 0 Å². The lowest BCUT2D eigenvalue weighted by atomic mass is 9.84. The highest BCUT2D eigenvalue weighted by atomic mass is 32.1. The van der Waals surface area contributed by atoms with Crippen LogP contribution in [0.4, 0.5) is 0 Å². The third-order valence-corrected chi connectivity index (χ3v) is 5.87. The van der Waals surface area contributed by atoms with Gasteiger partial charge in [0.1, 0.15) is 0 Å². The van der Waals surface area contributed by atoms with Gasteiger partial charge in [-0.2, -0.15) is 0 Å². The Kier molecular flexibility index (Phi) is 3.43. The third-order valence-electron chi connectivity index (χ3n) is 4.31. The molecule has 1 N–H and O–H groups in total. The van der Waals surface area contributed by atoms with Crippen LogP contribution >= 0.6 is 11.3 Å². The van der Waals surface area contributed by atoms with Crippen molar-refractivity contribution in [1.82, 2.24) is 4.98 Å². The quantitative estimate of drug-likeness (QED) is 0.915. The summed E-state index contributed by atoms with van der Waals surface area (Å²) in [5.74, 6) is 0.660. The Morgan fingerprint density at radius 3 is 2.61 bits per heavy atom. The van der Waals surface area contributed by atoms with Gasteiger partial charge in [-0.25, -0.2) is 4.98 Å². The van der Waals surface area contributed by atoms with E-state index in [1.807, 2.05) is 11.3 Å². The molecule has 3 nitrogen and oxygen atoms in total. The summed E-state index contributed by atoms with van der Waals surface area (Å²) in [5.41, 5.74) is 0.965. The Labute approximate surface area is 112 Å². The monoisotopic (exact) mass is 267 g/mol. The van der Waals surface area contributed by atoms with Crippen molar-refractivity contribution < 1.29 is 9.84 Å². The van der Waals surface area contributed by atoms with Crippen LogP contribution in [0.5, 0.6) is 0 Å². The number of aryl methyl sites for hydroxylation is 1. The summed E-state index contributed by atoms with van der Waals surface area (Å²) in [6.07, 6.45) is 6.63. The van der Waals surface area contributed by atoms with E-state index in [0.717, 1.165) is 5.69 Å². The first-order chi connectivity index (χ1) is 8.75. The van der Waals surface area contributed by atoms with Gasteiger partial charge >= 0.3 is 0 Å². The number of rotatable bonds is 3. The van der Waals surface area contributed by atoms with Crippen molar-refractivity contribution in [3.8, 4) is 0 Å². The zero-order valence-electron chi connectivity index (χ0n) is 10.9. The fourth-order valence-corrected chi connectivity index (χ4v) is 4.46. The van der Waals surface area contributed by atoms with Gasteiger partial charge in [0, 0.05) is 10.8 Å². The lowest BCUT2D eigenvalue weighted by Gasteiger charge is -2.39. The minimum absolute atomic E-state index is 0.144. The maximum absolute atomic E-state index is 9.63. The molecule has 2 fully saturated rings. The molecule has 0 amide bonds. The van der Waals surface area contributed by atoms with Crippen LogP contribution in [-0.2, 0) is 10.2 Å². The number of hydrogen-bond donors (Lipinski definition) is 1. The van der Waals surface area contributed by atoms with E-state index in [2.05, 4.69) is 6.92 Å². The Morgan fingerprint density at radius 1 is 1.33 bits per heavy atom. The number of aromatic nitrogens is 1. The number of hydrogen-bond acceptors (Lipinski definition) is 4. The first kappa shape index (κ1) is 12.6. The molecule has 3 rings (SSSR count). The largest absolute Gasteiger partial charge is 0.395 e. The van der Waals surface area contributed by atoms with Crippen LogP contribution in [0.25, 0.3) is 0 Å². The maximum Gasteiger partial charge on any atom is 0.0962 e. The van der Waals surface area contributed by atoms with Gasteiger partial charge in [0.05, 0.1) is 35.9 Å². The van der Waals surface area contributed by atoms with E-state index in [0.29, 0.717) is 19.1 Å². The van der Waals surface area contributed by atoms with Gasteiger partial charge < -0.3 is 9.84 Å². The molecule has 1 aromatic rings. The molecule has 2 aliphatic rings. The van der Waals surface area contributed by atoms with Gasteiger partial charge in [-0.15, -0.1) is 11.3 Å². The Hall–Kier alpha value is -0.450. The van der Waals surface area contributed by atoms with E-state index >= 15 is 0 Å². The van der Waals surface area contributed by atoms with Gasteiger partial charge in [-0.1, -0.05) is 19.3 Å². The Morgan fingerprint density at radius 2 is 2.06 bits per heavy atom. The van der Waals surface area contributed by atoms with Crippen LogP contribution in [0.1, 0.15) is 53.6 Å². The van der Waals surface area contributed by atoms with E-state index in [-0.39, 0.29) is 12.0 Å². The van der Waals surface area contributed by atoms with Crippen molar-refractivity contribution >= 4 is 11.3 Å². The first-order valence-corrected chi connectivity index (χ1v) is 7.73. The van der Waals surface area contributed by atoms with Crippen LogP contribution in [-0.4, -0.2) is 29.9 Å². The number of aliphatic hydroxyl groups is 1. The maximum atomic E-state index is 9.63. The fourth-order valence-electron chi connectivity index (χ4n) is 3.08. The number of nitrogens with zero attached hydrogens (tertiary/aromatic N) is 1. The predicted molar refractivity (Wildman–Crippen MR) is 72.3 cm³/mol. The van der Waals surface area contributed by atoms with Gasteiger partial charge in [0.15, 0.2) is 0 Å². The molecule has 1 saturated carbocycles. The average Bonchev–Trinajstić information content (AvgIpc) is 2.73. The standard InChI is InChI=1S/C14H21NO2S/c1-10-12(14(7-16)8-17-9-14)18-13(15-10)11-5-3-2-4-6-11/h11,16H,2-9H2,1H3. The molecule has 0 atom stereocenters. The van der Waals surface area contributed by atoms with Crippen LogP contribution in [0.15, 0.2) is 0 Å². The molecule has 4 heteroatoms. The number of aliphatic hydroxyl groups excluding tert-OH is 1. The van der Waals surface area contributed by atoms with Crippen LogP contribution in [0.3, 0.4) is 0 Å². The molecule has 18 heavy (non-hydrogen) atoms. The van der Waals surface area contributed by atoms with Crippen LogP contribution < -0.4 is 0 Å². The molecule has 1 saturated heterocycles. The predicted octanol–water partition coefficient (Wildman–Crippen LogP) is 2.76. The smallest absolute Gasteiger partial charge is 0.0962 e. The molecule has 0 radical (unpaired) electrons. The zero-order valence-corrected chi connectivity index (χ0v) is 11.8. The van der Waals surface area contributed by atoms with E-state index in [1.54, 1.807) is 0 Å². The zero-order chi connectivity index (χ0) is 12.6. The lowest BCUT2D eigenvalue weighted by Crippen LogP contribution is -2.49. The Bertz CT molecular complexity index is 414. The highest BCUT2D eigenvalue weighted by molar-refractivity contribution is 7.12. The van der Waals surface area contributed by atoms with Gasteiger partial charge in [0.25, 0.3) is 0 Å². The fraction of sp³-hybridized carbons (Fsp3) is 0.786.